The summed E-state index contributed by atoms with van der Waals surface area (Å²) in [5.74, 6) is -1.43. The van der Waals surface area contributed by atoms with Crippen LogP contribution in [0.5, 0.6) is 0 Å². The first-order valence-corrected chi connectivity index (χ1v) is 6.11. The molecule has 0 aliphatic heterocycles. The molecule has 0 radical (unpaired) electrons. The lowest BCUT2D eigenvalue weighted by atomic mass is 9.88. The quantitative estimate of drug-likeness (QED) is 0.905. The van der Waals surface area contributed by atoms with Crippen molar-refractivity contribution in [3.8, 4) is 0 Å². The van der Waals surface area contributed by atoms with Crippen molar-refractivity contribution in [2.24, 2.45) is 0 Å². The third-order valence-electron chi connectivity index (χ3n) is 3.11. The summed E-state index contributed by atoms with van der Waals surface area (Å²) in [5, 5.41) is 8.88. The zero-order valence-electron chi connectivity index (χ0n) is 12.0. The number of nitrogens with zero attached hydrogens (tertiary/aromatic N) is 2. The minimum absolute atomic E-state index is 0.0329. The zero-order chi connectivity index (χ0) is 14.8. The first-order chi connectivity index (χ1) is 8.64. The molecule has 104 valence electrons. The van der Waals surface area contributed by atoms with Crippen LogP contribution in [-0.4, -0.2) is 40.0 Å². The Hall–Kier alpha value is -1.91. The number of aromatic nitrogens is 1. The molecule has 1 aromatic rings. The summed E-state index contributed by atoms with van der Waals surface area (Å²) < 4.78 is 0. The van der Waals surface area contributed by atoms with Crippen molar-refractivity contribution in [3.05, 3.63) is 29.6 Å². The molecule has 1 aromatic heterocycles. The third-order valence-corrected chi connectivity index (χ3v) is 3.11. The predicted molar refractivity (Wildman–Crippen MR) is 72.1 cm³/mol. The zero-order valence-corrected chi connectivity index (χ0v) is 12.0. The number of rotatable bonds is 3. The molecule has 0 aliphatic carbocycles. The normalized spacial score (nSPS) is 12.9. The van der Waals surface area contributed by atoms with Crippen LogP contribution in [0.2, 0.25) is 0 Å². The molecule has 0 bridgehead atoms. The second-order valence-electron chi connectivity index (χ2n) is 5.61. The highest BCUT2D eigenvalue weighted by Crippen LogP contribution is 2.21. The van der Waals surface area contributed by atoms with Crippen LogP contribution in [0.1, 0.15) is 43.7 Å². The number of amides is 1. The molecule has 19 heavy (non-hydrogen) atoms. The average Bonchev–Trinajstić information content (AvgIpc) is 2.35. The van der Waals surface area contributed by atoms with E-state index in [1.54, 1.807) is 12.3 Å². The highest BCUT2D eigenvalue weighted by molar-refractivity contribution is 5.94. The molecule has 5 nitrogen and oxygen atoms in total. The van der Waals surface area contributed by atoms with Crippen molar-refractivity contribution in [3.63, 3.8) is 0 Å². The fourth-order valence-corrected chi connectivity index (χ4v) is 1.49. The summed E-state index contributed by atoms with van der Waals surface area (Å²) in [6.45, 7) is 7.64. The Labute approximate surface area is 113 Å². The lowest BCUT2D eigenvalue weighted by molar-refractivity contribution is -0.141. The fourth-order valence-electron chi connectivity index (χ4n) is 1.49. The molecule has 0 spiro atoms. The fraction of sp³-hybridized carbons (Fsp3) is 0.500. The van der Waals surface area contributed by atoms with E-state index in [4.69, 9.17) is 5.11 Å². The maximum absolute atomic E-state index is 12.1. The van der Waals surface area contributed by atoms with Gasteiger partial charge in [0.2, 0.25) is 0 Å². The van der Waals surface area contributed by atoms with Gasteiger partial charge in [-0.15, -0.1) is 0 Å². The maximum Gasteiger partial charge on any atom is 0.326 e. The molecule has 0 saturated heterocycles. The number of likely N-dealkylation sites (N-methyl/N-ethyl adjacent to an activating group) is 1. The number of carbonyl (C=O) groups is 2. The Morgan fingerprint density at radius 3 is 2.26 bits per heavy atom. The van der Waals surface area contributed by atoms with Crippen LogP contribution >= 0.6 is 0 Å². The van der Waals surface area contributed by atoms with Gasteiger partial charge in [0.1, 0.15) is 11.7 Å². The van der Waals surface area contributed by atoms with Gasteiger partial charge in [-0.3, -0.25) is 9.78 Å². The lowest BCUT2D eigenvalue weighted by Crippen LogP contribution is -2.40. The molecule has 0 saturated carbocycles. The Morgan fingerprint density at radius 2 is 1.89 bits per heavy atom. The van der Waals surface area contributed by atoms with Crippen LogP contribution < -0.4 is 0 Å². The van der Waals surface area contributed by atoms with Gasteiger partial charge in [-0.05, 0) is 24.0 Å². The van der Waals surface area contributed by atoms with E-state index in [1.165, 1.54) is 18.9 Å². The Bertz CT molecular complexity index is 474. The standard InChI is InChI=1S/C14H20N2O3/c1-9(13(18)19)16(5)12(17)11-7-6-10(8-15-11)14(2,3)4/h6-9H,1-5H3,(H,18,19). The summed E-state index contributed by atoms with van der Waals surface area (Å²) in [5.41, 5.74) is 1.25. The van der Waals surface area contributed by atoms with Gasteiger partial charge in [0.25, 0.3) is 5.91 Å². The number of aliphatic carboxylic acids is 1. The van der Waals surface area contributed by atoms with Gasteiger partial charge in [0.05, 0.1) is 0 Å². The van der Waals surface area contributed by atoms with Gasteiger partial charge in [0, 0.05) is 13.2 Å². The van der Waals surface area contributed by atoms with Gasteiger partial charge < -0.3 is 10.0 Å². The van der Waals surface area contributed by atoms with E-state index in [0.29, 0.717) is 0 Å². The van der Waals surface area contributed by atoms with Crippen LogP contribution in [0.4, 0.5) is 0 Å². The maximum atomic E-state index is 12.1. The summed E-state index contributed by atoms with van der Waals surface area (Å²) in [4.78, 5) is 28.2. The van der Waals surface area contributed by atoms with E-state index in [0.717, 1.165) is 5.56 Å². The van der Waals surface area contributed by atoms with E-state index in [1.807, 2.05) is 6.07 Å². The van der Waals surface area contributed by atoms with Gasteiger partial charge in [-0.2, -0.15) is 0 Å². The largest absolute Gasteiger partial charge is 0.480 e. The molecule has 1 rings (SSSR count). The molecular weight excluding hydrogens is 244 g/mol. The molecule has 5 heteroatoms. The van der Waals surface area contributed by atoms with Crippen LogP contribution in [0.15, 0.2) is 18.3 Å². The summed E-state index contributed by atoms with van der Waals surface area (Å²) in [7, 11) is 1.46. The van der Waals surface area contributed by atoms with Crippen LogP contribution in [0, 0.1) is 0 Å². The van der Waals surface area contributed by atoms with Crippen molar-refractivity contribution in [2.45, 2.75) is 39.2 Å². The van der Waals surface area contributed by atoms with Crippen molar-refractivity contribution in [2.75, 3.05) is 7.05 Å². The molecule has 1 amide bonds. The third kappa shape index (κ3) is 3.53. The highest BCUT2D eigenvalue weighted by atomic mass is 16.4. The van der Waals surface area contributed by atoms with E-state index in [2.05, 4.69) is 25.8 Å². The summed E-state index contributed by atoms with van der Waals surface area (Å²) >= 11 is 0. The Kier molecular flexibility index (Phi) is 4.29. The molecule has 0 fully saturated rings. The number of carboxylic acid groups (broad SMARTS) is 1. The molecule has 0 aromatic carbocycles. The van der Waals surface area contributed by atoms with Crippen molar-refractivity contribution < 1.29 is 14.7 Å². The topological polar surface area (TPSA) is 70.5 Å². The second-order valence-corrected chi connectivity index (χ2v) is 5.61. The van der Waals surface area contributed by atoms with E-state index in [-0.39, 0.29) is 11.1 Å². The Balaban J connectivity index is 2.93. The molecule has 0 aliphatic rings. The summed E-state index contributed by atoms with van der Waals surface area (Å²) in [6, 6.07) is 2.60. The Morgan fingerprint density at radius 1 is 1.32 bits per heavy atom. The predicted octanol–water partition coefficient (Wildman–Crippen LogP) is 1.92. The first kappa shape index (κ1) is 15.1. The second kappa shape index (κ2) is 5.38. The van der Waals surface area contributed by atoms with Crippen molar-refractivity contribution >= 4 is 11.9 Å². The molecular formula is C14H20N2O3. The minimum atomic E-state index is -1.04. The van der Waals surface area contributed by atoms with Crippen molar-refractivity contribution in [1.82, 2.24) is 9.88 Å². The molecule has 1 unspecified atom stereocenters. The van der Waals surface area contributed by atoms with Gasteiger partial charge in [-0.25, -0.2) is 4.79 Å². The smallest absolute Gasteiger partial charge is 0.326 e. The van der Waals surface area contributed by atoms with Gasteiger partial charge in [0.15, 0.2) is 0 Å². The SMILES string of the molecule is CC(C(=O)O)N(C)C(=O)c1ccc(C(C)(C)C)cn1. The van der Waals surface area contributed by atoms with Crippen LogP contribution in [0.3, 0.4) is 0 Å². The van der Waals surface area contributed by atoms with Crippen LogP contribution in [0.25, 0.3) is 0 Å². The monoisotopic (exact) mass is 264 g/mol. The number of carboxylic acids is 1. The number of hydrogen-bond acceptors (Lipinski definition) is 3. The molecule has 1 heterocycles. The first-order valence-electron chi connectivity index (χ1n) is 6.11. The summed E-state index contributed by atoms with van der Waals surface area (Å²) in [6.07, 6.45) is 1.66. The minimum Gasteiger partial charge on any atom is -0.480 e. The average molecular weight is 264 g/mol. The van der Waals surface area contributed by atoms with Gasteiger partial charge in [-0.1, -0.05) is 26.8 Å². The number of hydrogen-bond donors (Lipinski definition) is 1. The van der Waals surface area contributed by atoms with Gasteiger partial charge >= 0.3 is 5.97 Å². The van der Waals surface area contributed by atoms with E-state index < -0.39 is 17.9 Å². The van der Waals surface area contributed by atoms with E-state index in [9.17, 15) is 9.59 Å². The molecule has 1 atom stereocenters. The number of pyridine rings is 1. The highest BCUT2D eigenvalue weighted by Gasteiger charge is 2.24. The van der Waals surface area contributed by atoms with Crippen LogP contribution in [-0.2, 0) is 10.2 Å². The lowest BCUT2D eigenvalue weighted by Gasteiger charge is -2.22. The molecule has 1 N–H and O–H groups in total. The number of carbonyl (C=O) groups excluding carboxylic acids is 1. The van der Waals surface area contributed by atoms with E-state index >= 15 is 0 Å². The van der Waals surface area contributed by atoms with Crippen molar-refractivity contribution in [1.29, 1.82) is 0 Å².